The van der Waals surface area contributed by atoms with Crippen molar-refractivity contribution in [2.24, 2.45) is 0 Å². The maximum absolute atomic E-state index is 12.7. The lowest BCUT2D eigenvalue weighted by Gasteiger charge is -2.18. The van der Waals surface area contributed by atoms with Gasteiger partial charge >= 0.3 is 5.97 Å². The van der Waals surface area contributed by atoms with Gasteiger partial charge in [-0.05, 0) is 18.6 Å². The summed E-state index contributed by atoms with van der Waals surface area (Å²) in [5, 5.41) is 8.97. The number of hydrogen-bond acceptors (Lipinski definition) is 3. The molecule has 8 heteroatoms. The minimum absolute atomic E-state index is 0.0313. The van der Waals surface area contributed by atoms with E-state index < -0.39 is 16.0 Å². The lowest BCUT2D eigenvalue weighted by molar-refractivity contribution is -0.679. The number of aromatic nitrogens is 2. The zero-order valence-corrected chi connectivity index (χ0v) is 16.5. The summed E-state index contributed by atoms with van der Waals surface area (Å²) >= 11 is 0. The number of unbranched alkanes of at least 4 members (excludes halogenated alkanes) is 1. The van der Waals surface area contributed by atoms with Crippen LogP contribution >= 0.6 is 0 Å². The Morgan fingerprint density at radius 3 is 2.50 bits per heavy atom. The van der Waals surface area contributed by atoms with E-state index >= 15 is 0 Å². The van der Waals surface area contributed by atoms with Crippen LogP contribution in [0.2, 0.25) is 0 Å². The second-order valence-corrected chi connectivity index (χ2v) is 8.18. The molecule has 1 aromatic heterocycles. The van der Waals surface area contributed by atoms with E-state index in [0.717, 1.165) is 36.2 Å². The van der Waals surface area contributed by atoms with Crippen LogP contribution in [-0.4, -0.2) is 41.9 Å². The van der Waals surface area contributed by atoms with Crippen molar-refractivity contribution in [3.8, 4) is 0 Å². The second kappa shape index (κ2) is 8.64. The molecular weight excluding hydrogens is 354 g/mol. The fraction of sp³-hybridized carbons (Fsp3) is 0.556. The highest BCUT2D eigenvalue weighted by Crippen LogP contribution is 2.20. The molecular formula is C18H28N3O4S+. The number of carboxylic acids is 1. The average Bonchev–Trinajstić information content (AvgIpc) is 2.95. The molecule has 2 N–H and O–H groups in total. The summed E-state index contributed by atoms with van der Waals surface area (Å²) in [4.78, 5) is 14.4. The van der Waals surface area contributed by atoms with Gasteiger partial charge in [0.05, 0.1) is 24.3 Å². The number of hydrogen-bond donors (Lipinski definition) is 2. The molecule has 0 aliphatic heterocycles. The van der Waals surface area contributed by atoms with Gasteiger partial charge in [0.15, 0.2) is 11.0 Å². The van der Waals surface area contributed by atoms with E-state index in [1.807, 2.05) is 19.9 Å². The van der Waals surface area contributed by atoms with Gasteiger partial charge in [0.1, 0.15) is 0 Å². The van der Waals surface area contributed by atoms with Gasteiger partial charge in [-0.15, -0.1) is 0 Å². The predicted molar refractivity (Wildman–Crippen MR) is 99.5 cm³/mol. The van der Waals surface area contributed by atoms with Crippen LogP contribution in [-0.2, 0) is 27.8 Å². The van der Waals surface area contributed by atoms with E-state index in [1.165, 1.54) is 4.31 Å². The van der Waals surface area contributed by atoms with E-state index in [2.05, 4.69) is 16.5 Å². The molecule has 2 aromatic rings. The summed E-state index contributed by atoms with van der Waals surface area (Å²) in [5.41, 5.74) is 1.62. The van der Waals surface area contributed by atoms with Crippen LogP contribution in [0.5, 0.6) is 0 Å². The highest BCUT2D eigenvalue weighted by Gasteiger charge is 2.25. The van der Waals surface area contributed by atoms with E-state index in [0.29, 0.717) is 19.5 Å². The van der Waals surface area contributed by atoms with Crippen molar-refractivity contribution in [1.29, 1.82) is 0 Å². The SMILES string of the molecule is CCCC[n+]1c(CCC(=O)O)[nH]c2cc(S(=O)(=O)N(CC)CC)ccc21. The van der Waals surface area contributed by atoms with Crippen molar-refractivity contribution in [3.05, 3.63) is 24.0 Å². The molecule has 26 heavy (non-hydrogen) atoms. The topological polar surface area (TPSA) is 94.3 Å². The first-order valence-corrected chi connectivity index (χ1v) is 10.6. The molecule has 0 radical (unpaired) electrons. The number of sulfonamides is 1. The molecule has 2 rings (SSSR count). The monoisotopic (exact) mass is 382 g/mol. The van der Waals surface area contributed by atoms with Crippen LogP contribution in [0.4, 0.5) is 0 Å². The fourth-order valence-corrected chi connectivity index (χ4v) is 4.57. The number of aryl methyl sites for hydroxylation is 2. The number of aliphatic carboxylic acids is 1. The maximum atomic E-state index is 12.7. The molecule has 7 nitrogen and oxygen atoms in total. The van der Waals surface area contributed by atoms with Crippen LogP contribution in [0.1, 0.15) is 45.9 Å². The van der Waals surface area contributed by atoms with Crippen molar-refractivity contribution in [3.63, 3.8) is 0 Å². The van der Waals surface area contributed by atoms with Gasteiger partial charge < -0.3 is 5.11 Å². The molecule has 1 aromatic carbocycles. The first kappa shape index (κ1) is 20.4. The lowest BCUT2D eigenvalue weighted by atomic mass is 10.2. The Bertz CT molecular complexity index is 870. The smallest absolute Gasteiger partial charge is 0.303 e. The predicted octanol–water partition coefficient (Wildman–Crippen LogP) is 2.30. The number of imidazole rings is 1. The van der Waals surface area contributed by atoms with Gasteiger partial charge in [0, 0.05) is 19.2 Å². The molecule has 0 aliphatic carbocycles. The lowest BCUT2D eigenvalue weighted by Crippen LogP contribution is -2.37. The summed E-state index contributed by atoms with van der Waals surface area (Å²) in [5.74, 6) is -0.0382. The Balaban J connectivity index is 2.50. The third-order valence-corrected chi connectivity index (χ3v) is 6.56. The number of nitrogens with one attached hydrogen (secondary N) is 1. The Kier molecular flexibility index (Phi) is 6.77. The highest BCUT2D eigenvalue weighted by atomic mass is 32.2. The van der Waals surface area contributed by atoms with Gasteiger partial charge in [-0.2, -0.15) is 4.31 Å². The van der Waals surface area contributed by atoms with Crippen LogP contribution in [0.3, 0.4) is 0 Å². The molecule has 0 saturated heterocycles. The quantitative estimate of drug-likeness (QED) is 0.617. The number of fused-ring (bicyclic) bond motifs is 1. The third kappa shape index (κ3) is 4.24. The van der Waals surface area contributed by atoms with E-state index in [9.17, 15) is 13.2 Å². The number of nitrogens with zero attached hydrogens (tertiary/aromatic N) is 2. The minimum Gasteiger partial charge on any atom is -0.481 e. The summed E-state index contributed by atoms with van der Waals surface area (Å²) in [6.45, 7) is 7.34. The van der Waals surface area contributed by atoms with Crippen LogP contribution in [0, 0.1) is 0 Å². The molecule has 0 fully saturated rings. The van der Waals surface area contributed by atoms with Gasteiger partial charge in [-0.3, -0.25) is 4.79 Å². The first-order chi connectivity index (χ1) is 12.3. The fourth-order valence-electron chi connectivity index (χ4n) is 3.09. The molecule has 0 aliphatic rings. The van der Waals surface area contributed by atoms with Gasteiger partial charge in [0.25, 0.3) is 5.82 Å². The molecule has 0 spiro atoms. The van der Waals surface area contributed by atoms with Crippen LogP contribution in [0.15, 0.2) is 23.1 Å². The number of carbonyl (C=O) groups is 1. The van der Waals surface area contributed by atoms with Crippen LogP contribution < -0.4 is 4.57 Å². The largest absolute Gasteiger partial charge is 0.481 e. The second-order valence-electron chi connectivity index (χ2n) is 6.24. The van der Waals surface area contributed by atoms with Crippen molar-refractivity contribution in [2.75, 3.05) is 13.1 Å². The molecule has 0 unspecified atom stereocenters. The standard InChI is InChI=1S/C18H27N3O4S/c1-4-7-12-21-16-9-8-14(26(24,25)20(5-2)6-3)13-15(16)19-17(21)10-11-18(22)23/h8-9,13H,4-7,10-12H2,1-3H3,(H,22,23)/p+1. The van der Waals surface area contributed by atoms with Crippen molar-refractivity contribution in [2.45, 2.75) is 57.9 Å². The van der Waals surface area contributed by atoms with Crippen molar-refractivity contribution < 1.29 is 22.9 Å². The van der Waals surface area contributed by atoms with E-state index in [-0.39, 0.29) is 11.3 Å². The van der Waals surface area contributed by atoms with Gasteiger partial charge in [-0.1, -0.05) is 27.2 Å². The Morgan fingerprint density at radius 1 is 1.23 bits per heavy atom. The maximum Gasteiger partial charge on any atom is 0.303 e. The number of rotatable bonds is 10. The number of H-pyrrole nitrogens is 1. The van der Waals surface area contributed by atoms with Crippen LogP contribution in [0.25, 0.3) is 11.0 Å². The summed E-state index contributed by atoms with van der Waals surface area (Å²) in [6.07, 6.45) is 2.40. The zero-order valence-electron chi connectivity index (χ0n) is 15.7. The van der Waals surface area contributed by atoms with E-state index in [4.69, 9.17) is 5.11 Å². The molecule has 0 amide bonds. The van der Waals surface area contributed by atoms with Crippen molar-refractivity contribution >= 4 is 27.0 Å². The molecule has 0 saturated carbocycles. The molecule has 0 atom stereocenters. The number of carboxylic acid groups (broad SMARTS) is 1. The Morgan fingerprint density at radius 2 is 1.92 bits per heavy atom. The average molecular weight is 383 g/mol. The Labute approximate surface area is 154 Å². The zero-order chi connectivity index (χ0) is 19.3. The van der Waals surface area contributed by atoms with Gasteiger partial charge in [0.2, 0.25) is 10.0 Å². The minimum atomic E-state index is -3.53. The summed E-state index contributed by atoms with van der Waals surface area (Å²) in [7, 11) is -3.53. The molecule has 144 valence electrons. The normalized spacial score (nSPS) is 12.2. The number of benzene rings is 1. The summed E-state index contributed by atoms with van der Waals surface area (Å²) in [6, 6.07) is 5.09. The third-order valence-electron chi connectivity index (χ3n) is 4.52. The molecule has 1 heterocycles. The summed E-state index contributed by atoms with van der Waals surface area (Å²) < 4.78 is 29.0. The van der Waals surface area contributed by atoms with Crippen molar-refractivity contribution in [1.82, 2.24) is 9.29 Å². The Hall–Kier alpha value is -1.93. The highest BCUT2D eigenvalue weighted by molar-refractivity contribution is 7.89. The molecule has 0 bridgehead atoms. The van der Waals surface area contributed by atoms with E-state index in [1.54, 1.807) is 12.1 Å². The van der Waals surface area contributed by atoms with Gasteiger partial charge in [-0.25, -0.2) is 18.0 Å². The first-order valence-electron chi connectivity index (χ1n) is 9.11. The number of aromatic amines is 1.